The number of aromatic nitrogens is 3. The van der Waals surface area contributed by atoms with Gasteiger partial charge >= 0.3 is 0 Å². The average Bonchev–Trinajstić information content (AvgIpc) is 3.00. The molecule has 1 spiro atoms. The Bertz CT molecular complexity index is 826. The van der Waals surface area contributed by atoms with Crippen LogP contribution in [0, 0.1) is 0 Å². The van der Waals surface area contributed by atoms with Gasteiger partial charge in [-0.2, -0.15) is 4.98 Å². The number of fused-ring (bicyclic) bond motifs is 2. The summed E-state index contributed by atoms with van der Waals surface area (Å²) in [6, 6.07) is 8.85. The van der Waals surface area contributed by atoms with Crippen molar-refractivity contribution in [3.05, 3.63) is 53.0 Å². The zero-order valence-electron chi connectivity index (χ0n) is 12.0. The molecule has 0 N–H and O–H groups in total. The summed E-state index contributed by atoms with van der Waals surface area (Å²) in [6.45, 7) is 0. The Hall–Kier alpha value is -2.01. The minimum Gasteiger partial charge on any atom is -0.339 e. The highest BCUT2D eigenvalue weighted by Crippen LogP contribution is 2.65. The van der Waals surface area contributed by atoms with Gasteiger partial charge in [0.25, 0.3) is 0 Å². The zero-order valence-corrected chi connectivity index (χ0v) is 12.8. The van der Waals surface area contributed by atoms with E-state index in [-0.39, 0.29) is 5.41 Å². The molecule has 0 radical (unpaired) electrons. The molecule has 2 heterocycles. The molecule has 0 aliphatic heterocycles. The minimum absolute atomic E-state index is 0.242. The van der Waals surface area contributed by atoms with E-state index in [2.05, 4.69) is 39.4 Å². The SMILES string of the molecule is c1ccc2c(c1)CCC[C@]21C[C@H]1c1nc(-c2cncs2)no1. The largest absolute Gasteiger partial charge is 0.339 e. The van der Waals surface area contributed by atoms with Crippen molar-refractivity contribution in [2.24, 2.45) is 0 Å². The van der Waals surface area contributed by atoms with Gasteiger partial charge < -0.3 is 4.52 Å². The van der Waals surface area contributed by atoms with Gasteiger partial charge in [-0.1, -0.05) is 29.4 Å². The van der Waals surface area contributed by atoms with Crippen molar-refractivity contribution in [1.29, 1.82) is 0 Å². The maximum Gasteiger partial charge on any atom is 0.231 e. The first kappa shape index (κ1) is 12.5. The second-order valence-electron chi connectivity index (χ2n) is 6.25. The fourth-order valence-electron chi connectivity index (χ4n) is 3.96. The molecular weight excluding hydrogens is 294 g/mol. The summed E-state index contributed by atoms with van der Waals surface area (Å²) in [5.41, 5.74) is 5.04. The molecule has 5 heteroatoms. The van der Waals surface area contributed by atoms with Gasteiger partial charge in [0.05, 0.1) is 10.4 Å². The Balaban J connectivity index is 1.50. The van der Waals surface area contributed by atoms with Gasteiger partial charge in [-0.15, -0.1) is 11.3 Å². The van der Waals surface area contributed by atoms with E-state index < -0.39 is 0 Å². The van der Waals surface area contributed by atoms with Crippen LogP contribution in [0.2, 0.25) is 0 Å². The fourth-order valence-corrected chi connectivity index (χ4v) is 4.50. The molecule has 0 bridgehead atoms. The summed E-state index contributed by atoms with van der Waals surface area (Å²) in [5.74, 6) is 1.84. The molecule has 0 saturated heterocycles. The van der Waals surface area contributed by atoms with Crippen LogP contribution in [0.1, 0.15) is 42.2 Å². The van der Waals surface area contributed by atoms with Gasteiger partial charge in [-0.3, -0.25) is 4.98 Å². The van der Waals surface area contributed by atoms with Gasteiger partial charge in [-0.25, -0.2) is 0 Å². The van der Waals surface area contributed by atoms with Crippen LogP contribution in [0.25, 0.3) is 10.7 Å². The molecule has 0 unspecified atom stereocenters. The van der Waals surface area contributed by atoms with E-state index in [0.717, 1.165) is 17.2 Å². The average molecular weight is 309 g/mol. The Labute approximate surface area is 132 Å². The Morgan fingerprint density at radius 2 is 2.23 bits per heavy atom. The van der Waals surface area contributed by atoms with E-state index in [0.29, 0.717) is 11.7 Å². The van der Waals surface area contributed by atoms with Gasteiger partial charge in [0.15, 0.2) is 0 Å². The predicted molar refractivity (Wildman–Crippen MR) is 83.8 cm³/mol. The molecule has 22 heavy (non-hydrogen) atoms. The molecular formula is C17H15N3OS. The summed E-state index contributed by atoms with van der Waals surface area (Å²) in [7, 11) is 0. The van der Waals surface area contributed by atoms with Crippen LogP contribution in [0.3, 0.4) is 0 Å². The molecule has 2 aromatic heterocycles. The molecule has 1 fully saturated rings. The Morgan fingerprint density at radius 1 is 1.27 bits per heavy atom. The van der Waals surface area contributed by atoms with Crippen LogP contribution < -0.4 is 0 Å². The molecule has 2 atom stereocenters. The van der Waals surface area contributed by atoms with Crippen molar-refractivity contribution in [1.82, 2.24) is 15.1 Å². The lowest BCUT2D eigenvalue weighted by Gasteiger charge is -2.25. The Kier molecular flexibility index (Phi) is 2.56. The second-order valence-corrected chi connectivity index (χ2v) is 7.13. The number of rotatable bonds is 2. The summed E-state index contributed by atoms with van der Waals surface area (Å²) in [6.07, 6.45) is 6.60. The monoisotopic (exact) mass is 309 g/mol. The highest BCUT2D eigenvalue weighted by Gasteiger charge is 2.59. The lowest BCUT2D eigenvalue weighted by Crippen LogP contribution is -2.18. The highest BCUT2D eigenvalue weighted by atomic mass is 32.1. The molecule has 1 aromatic carbocycles. The first-order chi connectivity index (χ1) is 10.9. The number of aryl methyl sites for hydroxylation is 1. The summed E-state index contributed by atoms with van der Waals surface area (Å²) in [4.78, 5) is 9.67. The fraction of sp³-hybridized carbons (Fsp3) is 0.353. The molecule has 2 aliphatic rings. The number of hydrogen-bond donors (Lipinski definition) is 0. The first-order valence-electron chi connectivity index (χ1n) is 7.68. The lowest BCUT2D eigenvalue weighted by atomic mass is 9.78. The van der Waals surface area contributed by atoms with E-state index in [1.807, 2.05) is 0 Å². The smallest absolute Gasteiger partial charge is 0.231 e. The van der Waals surface area contributed by atoms with Crippen molar-refractivity contribution >= 4 is 11.3 Å². The van der Waals surface area contributed by atoms with Crippen LogP contribution in [0.4, 0.5) is 0 Å². The van der Waals surface area contributed by atoms with Gasteiger partial charge in [0, 0.05) is 17.5 Å². The third-order valence-corrected chi connectivity index (χ3v) is 5.86. The summed E-state index contributed by atoms with van der Waals surface area (Å²) >= 11 is 1.54. The number of benzene rings is 1. The first-order valence-corrected chi connectivity index (χ1v) is 8.56. The van der Waals surface area contributed by atoms with Crippen molar-refractivity contribution in [3.63, 3.8) is 0 Å². The van der Waals surface area contributed by atoms with Gasteiger partial charge in [-0.05, 0) is 36.8 Å². The third-order valence-electron chi connectivity index (χ3n) is 5.09. The van der Waals surface area contributed by atoms with Gasteiger partial charge in [0.1, 0.15) is 0 Å². The van der Waals surface area contributed by atoms with E-state index in [1.165, 1.54) is 30.4 Å². The normalized spacial score (nSPS) is 26.1. The van der Waals surface area contributed by atoms with Crippen LogP contribution in [0.15, 0.2) is 40.5 Å². The number of hydrogen-bond acceptors (Lipinski definition) is 5. The van der Waals surface area contributed by atoms with E-state index >= 15 is 0 Å². The second kappa shape index (κ2) is 4.49. The predicted octanol–water partition coefficient (Wildman–Crippen LogP) is 3.95. The molecule has 4 nitrogen and oxygen atoms in total. The topological polar surface area (TPSA) is 51.8 Å². The summed E-state index contributed by atoms with van der Waals surface area (Å²) in [5, 5.41) is 4.14. The van der Waals surface area contributed by atoms with E-state index in [9.17, 15) is 0 Å². The maximum absolute atomic E-state index is 5.57. The minimum atomic E-state index is 0.242. The molecule has 0 amide bonds. The van der Waals surface area contributed by atoms with E-state index in [4.69, 9.17) is 4.52 Å². The maximum atomic E-state index is 5.57. The van der Waals surface area contributed by atoms with Crippen LogP contribution in [-0.4, -0.2) is 15.1 Å². The van der Waals surface area contributed by atoms with Crippen molar-refractivity contribution in [3.8, 4) is 10.7 Å². The molecule has 2 aliphatic carbocycles. The lowest BCUT2D eigenvalue weighted by molar-refractivity contribution is 0.367. The standard InChI is InChI=1S/C17H15N3OS/c1-2-6-12-11(4-1)5-3-7-17(12)8-13(17)16-19-15(20-21-16)14-9-18-10-22-14/h1-2,4,6,9-10,13H,3,5,7-8H2/t13-,17-/m0/s1. The van der Waals surface area contributed by atoms with Crippen molar-refractivity contribution in [2.45, 2.75) is 37.0 Å². The Morgan fingerprint density at radius 3 is 3.14 bits per heavy atom. The summed E-state index contributed by atoms with van der Waals surface area (Å²) < 4.78 is 5.57. The van der Waals surface area contributed by atoms with E-state index in [1.54, 1.807) is 23.0 Å². The van der Waals surface area contributed by atoms with Crippen LogP contribution in [0.5, 0.6) is 0 Å². The molecule has 5 rings (SSSR count). The van der Waals surface area contributed by atoms with Crippen LogP contribution in [-0.2, 0) is 11.8 Å². The van der Waals surface area contributed by atoms with Crippen molar-refractivity contribution in [2.75, 3.05) is 0 Å². The molecule has 1 saturated carbocycles. The quantitative estimate of drug-likeness (QED) is 0.719. The molecule has 3 aromatic rings. The van der Waals surface area contributed by atoms with Gasteiger partial charge in [0.2, 0.25) is 11.7 Å². The highest BCUT2D eigenvalue weighted by molar-refractivity contribution is 7.13. The van der Waals surface area contributed by atoms with Crippen molar-refractivity contribution < 1.29 is 4.52 Å². The van der Waals surface area contributed by atoms with Crippen LogP contribution >= 0.6 is 11.3 Å². The molecule has 110 valence electrons. The number of thiazole rings is 1. The zero-order chi connectivity index (χ0) is 14.6. The number of nitrogens with zero attached hydrogens (tertiary/aromatic N) is 3. The third kappa shape index (κ3) is 1.72.